The maximum absolute atomic E-state index is 5.61. The molecule has 0 aliphatic carbocycles. The molecule has 0 amide bonds. The predicted octanol–water partition coefficient (Wildman–Crippen LogP) is 2.80. The highest BCUT2D eigenvalue weighted by molar-refractivity contribution is 6.01. The fraction of sp³-hybridized carbons (Fsp3) is 0.480. The lowest BCUT2D eigenvalue weighted by molar-refractivity contribution is 0.123. The van der Waals surface area contributed by atoms with Gasteiger partial charge in [0, 0.05) is 51.3 Å². The molecule has 6 rings (SSSR count). The van der Waals surface area contributed by atoms with Crippen LogP contribution in [-0.2, 0) is 11.3 Å². The Morgan fingerprint density at radius 2 is 2.00 bits per heavy atom. The van der Waals surface area contributed by atoms with Crippen LogP contribution in [0.15, 0.2) is 41.8 Å². The maximum atomic E-state index is 5.61. The standard InChI is InChI=1S/C25H31N7O/c1-18-4-2-5-20(12-18)21-6-3-7-32(29-21)23-13-22(30-8-10-33-11-9-30)24-25(28-23)31(17-27-24)16-19-14-26-15-19/h2,4-5,12-13,17,19,26H,3,6-11,14-16H2,1H3. The van der Waals surface area contributed by atoms with E-state index in [2.05, 4.69) is 57.0 Å². The van der Waals surface area contributed by atoms with Crippen LogP contribution in [0.3, 0.4) is 0 Å². The van der Waals surface area contributed by atoms with Gasteiger partial charge in [0.1, 0.15) is 5.52 Å². The summed E-state index contributed by atoms with van der Waals surface area (Å²) in [5.41, 5.74) is 6.68. The smallest absolute Gasteiger partial charge is 0.164 e. The number of aryl methyl sites for hydroxylation is 1. The minimum absolute atomic E-state index is 0.639. The number of fused-ring (bicyclic) bond motifs is 1. The number of benzene rings is 1. The van der Waals surface area contributed by atoms with E-state index in [0.29, 0.717) is 5.92 Å². The molecule has 0 radical (unpaired) electrons. The van der Waals surface area contributed by atoms with Crippen molar-refractivity contribution >= 4 is 28.4 Å². The number of hydrogen-bond donors (Lipinski definition) is 1. The quantitative estimate of drug-likeness (QED) is 0.651. The van der Waals surface area contributed by atoms with Gasteiger partial charge in [0.15, 0.2) is 11.5 Å². The Hall–Kier alpha value is -2.97. The Labute approximate surface area is 194 Å². The van der Waals surface area contributed by atoms with Gasteiger partial charge in [-0.25, -0.2) is 15.0 Å². The highest BCUT2D eigenvalue weighted by Gasteiger charge is 2.24. The lowest BCUT2D eigenvalue weighted by Crippen LogP contribution is -2.44. The second kappa shape index (κ2) is 8.76. The summed E-state index contributed by atoms with van der Waals surface area (Å²) in [6.07, 6.45) is 4.01. The summed E-state index contributed by atoms with van der Waals surface area (Å²) in [5.74, 6) is 1.54. The second-order valence-corrected chi connectivity index (χ2v) is 9.34. The Balaban J connectivity index is 1.41. The molecule has 0 bridgehead atoms. The number of nitrogens with one attached hydrogen (secondary N) is 1. The van der Waals surface area contributed by atoms with Gasteiger partial charge in [-0.2, -0.15) is 5.10 Å². The minimum atomic E-state index is 0.639. The van der Waals surface area contributed by atoms with Crippen molar-refractivity contribution in [1.82, 2.24) is 19.9 Å². The van der Waals surface area contributed by atoms with Crippen LogP contribution in [0.2, 0.25) is 0 Å². The van der Waals surface area contributed by atoms with Gasteiger partial charge in [0.2, 0.25) is 0 Å². The summed E-state index contributed by atoms with van der Waals surface area (Å²) in [5, 5.41) is 10.5. The predicted molar refractivity (Wildman–Crippen MR) is 131 cm³/mol. The SMILES string of the molecule is Cc1cccc(C2=NN(c3cc(N4CCOCC4)c4ncn(CC5CNC5)c4n3)CCC2)c1. The van der Waals surface area contributed by atoms with Crippen molar-refractivity contribution in [2.45, 2.75) is 26.3 Å². The number of anilines is 2. The molecule has 1 aromatic carbocycles. The number of ether oxygens (including phenoxy) is 1. The average Bonchev–Trinajstić information content (AvgIpc) is 3.24. The topological polar surface area (TPSA) is 70.8 Å². The highest BCUT2D eigenvalue weighted by atomic mass is 16.5. The molecule has 0 spiro atoms. The molecule has 3 aromatic rings. The Bertz CT molecular complexity index is 1180. The largest absolute Gasteiger partial charge is 0.378 e. The van der Waals surface area contributed by atoms with Gasteiger partial charge in [-0.15, -0.1) is 0 Å². The zero-order valence-electron chi connectivity index (χ0n) is 19.2. The number of pyridine rings is 1. The monoisotopic (exact) mass is 445 g/mol. The summed E-state index contributed by atoms with van der Waals surface area (Å²) in [6.45, 7) is 9.30. The van der Waals surface area contributed by atoms with Crippen molar-refractivity contribution in [2.24, 2.45) is 11.0 Å². The minimum Gasteiger partial charge on any atom is -0.378 e. The van der Waals surface area contributed by atoms with Crippen LogP contribution in [0.5, 0.6) is 0 Å². The van der Waals surface area contributed by atoms with E-state index in [1.165, 1.54) is 11.1 Å². The van der Waals surface area contributed by atoms with Gasteiger partial charge in [-0.05, 0) is 25.3 Å². The number of hydrogen-bond acceptors (Lipinski definition) is 7. The first-order chi connectivity index (χ1) is 16.2. The van der Waals surface area contributed by atoms with Gasteiger partial charge in [0.25, 0.3) is 0 Å². The van der Waals surface area contributed by atoms with Gasteiger partial charge in [-0.3, -0.25) is 0 Å². The number of hydrazone groups is 1. The van der Waals surface area contributed by atoms with Crippen molar-refractivity contribution in [3.63, 3.8) is 0 Å². The molecule has 8 heteroatoms. The van der Waals surface area contributed by atoms with Gasteiger partial charge >= 0.3 is 0 Å². The lowest BCUT2D eigenvalue weighted by atomic mass is 10.0. The summed E-state index contributed by atoms with van der Waals surface area (Å²) in [7, 11) is 0. The highest BCUT2D eigenvalue weighted by Crippen LogP contribution is 2.32. The van der Waals surface area contributed by atoms with E-state index < -0.39 is 0 Å². The third-order valence-electron chi connectivity index (χ3n) is 6.85. The van der Waals surface area contributed by atoms with Crippen molar-refractivity contribution in [3.05, 3.63) is 47.8 Å². The molecule has 2 fully saturated rings. The van der Waals surface area contributed by atoms with E-state index in [-0.39, 0.29) is 0 Å². The molecule has 8 nitrogen and oxygen atoms in total. The van der Waals surface area contributed by atoms with E-state index in [4.69, 9.17) is 19.8 Å². The van der Waals surface area contributed by atoms with Crippen LogP contribution >= 0.6 is 0 Å². The van der Waals surface area contributed by atoms with Crippen molar-refractivity contribution in [2.75, 3.05) is 55.8 Å². The van der Waals surface area contributed by atoms with Crippen LogP contribution in [0.1, 0.15) is 24.0 Å². The lowest BCUT2D eigenvalue weighted by Gasteiger charge is -2.31. The molecular weight excluding hydrogens is 414 g/mol. The molecule has 0 saturated carbocycles. The van der Waals surface area contributed by atoms with Gasteiger partial charge in [0.05, 0.1) is 30.9 Å². The fourth-order valence-electron chi connectivity index (χ4n) is 4.91. The van der Waals surface area contributed by atoms with E-state index in [0.717, 1.165) is 93.7 Å². The summed E-state index contributed by atoms with van der Waals surface area (Å²) in [4.78, 5) is 12.3. The molecule has 0 unspecified atom stereocenters. The van der Waals surface area contributed by atoms with Crippen LogP contribution in [0, 0.1) is 12.8 Å². The molecule has 3 aliphatic heterocycles. The maximum Gasteiger partial charge on any atom is 0.164 e. The van der Waals surface area contributed by atoms with Crippen LogP contribution in [-0.4, -0.2) is 66.2 Å². The van der Waals surface area contributed by atoms with Crippen LogP contribution in [0.4, 0.5) is 11.5 Å². The fourth-order valence-corrected chi connectivity index (χ4v) is 4.91. The van der Waals surface area contributed by atoms with E-state index in [1.807, 2.05) is 6.33 Å². The first kappa shape index (κ1) is 20.6. The molecule has 172 valence electrons. The van der Waals surface area contributed by atoms with Crippen molar-refractivity contribution in [1.29, 1.82) is 0 Å². The summed E-state index contributed by atoms with van der Waals surface area (Å²) >= 11 is 0. The van der Waals surface area contributed by atoms with Crippen molar-refractivity contribution in [3.8, 4) is 0 Å². The van der Waals surface area contributed by atoms with E-state index in [1.54, 1.807) is 0 Å². The normalized spacial score (nSPS) is 19.6. The molecule has 2 aromatic heterocycles. The number of rotatable bonds is 5. The molecule has 2 saturated heterocycles. The molecule has 33 heavy (non-hydrogen) atoms. The van der Waals surface area contributed by atoms with E-state index in [9.17, 15) is 0 Å². The van der Waals surface area contributed by atoms with Gasteiger partial charge < -0.3 is 19.5 Å². The summed E-state index contributed by atoms with van der Waals surface area (Å²) < 4.78 is 7.84. The molecular formula is C25H31N7O. The van der Waals surface area contributed by atoms with Crippen LogP contribution in [0.25, 0.3) is 11.2 Å². The number of imidazole rings is 1. The van der Waals surface area contributed by atoms with E-state index >= 15 is 0 Å². The third kappa shape index (κ3) is 4.09. The average molecular weight is 446 g/mol. The Morgan fingerprint density at radius 1 is 1.12 bits per heavy atom. The molecule has 5 heterocycles. The number of nitrogens with zero attached hydrogens (tertiary/aromatic N) is 6. The Morgan fingerprint density at radius 3 is 2.79 bits per heavy atom. The zero-order valence-corrected chi connectivity index (χ0v) is 19.2. The zero-order chi connectivity index (χ0) is 22.2. The second-order valence-electron chi connectivity index (χ2n) is 9.34. The van der Waals surface area contributed by atoms with Crippen LogP contribution < -0.4 is 15.2 Å². The van der Waals surface area contributed by atoms with Crippen molar-refractivity contribution < 1.29 is 4.74 Å². The molecule has 1 N–H and O–H groups in total. The summed E-state index contributed by atoms with van der Waals surface area (Å²) in [6, 6.07) is 10.8. The first-order valence-corrected chi connectivity index (χ1v) is 12.1. The Kier molecular flexibility index (Phi) is 5.47. The molecule has 3 aliphatic rings. The third-order valence-corrected chi connectivity index (χ3v) is 6.85. The van der Waals surface area contributed by atoms with Gasteiger partial charge in [-0.1, -0.05) is 29.8 Å². The number of aromatic nitrogens is 3. The first-order valence-electron chi connectivity index (χ1n) is 12.1. The number of morpholine rings is 1. The molecule has 0 atom stereocenters.